The molecule has 7 heteroatoms. The number of carboxylic acids is 1. The van der Waals surface area contributed by atoms with E-state index in [4.69, 9.17) is 16.7 Å². The molecule has 0 unspecified atom stereocenters. The van der Waals surface area contributed by atoms with Gasteiger partial charge in [0.15, 0.2) is 5.75 Å². The summed E-state index contributed by atoms with van der Waals surface area (Å²) in [5, 5.41) is 23.3. The second kappa shape index (κ2) is 5.92. The van der Waals surface area contributed by atoms with Crippen molar-refractivity contribution in [2.45, 2.75) is 0 Å². The van der Waals surface area contributed by atoms with Gasteiger partial charge >= 0.3 is 12.0 Å². The number of carbonyl (C=O) groups is 2. The Labute approximate surface area is 108 Å². The average Bonchev–Trinajstić information content (AvgIpc) is 2.29. The number of carbonyl (C=O) groups excluding carboxylic acids is 1. The van der Waals surface area contributed by atoms with E-state index in [0.29, 0.717) is 0 Å². The Kier molecular flexibility index (Phi) is 4.56. The smallest absolute Gasteiger partial charge is 0.339 e. The van der Waals surface area contributed by atoms with Gasteiger partial charge in [-0.1, -0.05) is 24.2 Å². The summed E-state index contributed by atoms with van der Waals surface area (Å²) in [7, 11) is 0. The highest BCUT2D eigenvalue weighted by atomic mass is 35.5. The molecular formula is C11H11ClN2O4. The summed E-state index contributed by atoms with van der Waals surface area (Å²) < 4.78 is 0. The molecule has 0 fully saturated rings. The molecule has 0 atom stereocenters. The molecule has 0 aliphatic heterocycles. The predicted molar refractivity (Wildman–Crippen MR) is 67.1 cm³/mol. The van der Waals surface area contributed by atoms with Crippen LogP contribution in [-0.2, 0) is 0 Å². The standard InChI is InChI=1S/C11H11ClN2O4/c1-6(12)5-13-11(18)14-8-4-2-3-7(9(8)15)10(16)17/h2-4,15H,1,5H2,(H,16,17)(H2,13,14,18). The Morgan fingerprint density at radius 1 is 1.39 bits per heavy atom. The largest absolute Gasteiger partial charge is 0.505 e. The normalized spacial score (nSPS) is 9.61. The first kappa shape index (κ1) is 13.9. The monoisotopic (exact) mass is 270 g/mol. The lowest BCUT2D eigenvalue weighted by molar-refractivity contribution is 0.0694. The summed E-state index contributed by atoms with van der Waals surface area (Å²) in [6.07, 6.45) is 0. The van der Waals surface area contributed by atoms with Gasteiger partial charge in [0.2, 0.25) is 0 Å². The number of amides is 2. The van der Waals surface area contributed by atoms with Crippen molar-refractivity contribution < 1.29 is 19.8 Å². The van der Waals surface area contributed by atoms with E-state index < -0.39 is 17.7 Å². The Balaban J connectivity index is 2.79. The quantitative estimate of drug-likeness (QED) is 0.629. The molecule has 0 bridgehead atoms. The maximum atomic E-state index is 11.4. The van der Waals surface area contributed by atoms with Crippen molar-refractivity contribution in [2.24, 2.45) is 0 Å². The molecule has 0 saturated carbocycles. The Morgan fingerprint density at radius 3 is 2.61 bits per heavy atom. The van der Waals surface area contributed by atoms with Crippen molar-refractivity contribution in [1.82, 2.24) is 5.32 Å². The number of nitrogens with one attached hydrogen (secondary N) is 2. The number of phenols is 1. The predicted octanol–water partition coefficient (Wildman–Crippen LogP) is 1.96. The Bertz CT molecular complexity index is 502. The molecule has 0 radical (unpaired) electrons. The molecule has 2 amide bonds. The van der Waals surface area contributed by atoms with Gasteiger partial charge in [-0.2, -0.15) is 0 Å². The van der Waals surface area contributed by atoms with Gasteiger partial charge in [0.1, 0.15) is 5.56 Å². The van der Waals surface area contributed by atoms with Crippen LogP contribution >= 0.6 is 11.6 Å². The van der Waals surface area contributed by atoms with Gasteiger partial charge in [0.05, 0.1) is 12.2 Å². The number of halogens is 1. The SMILES string of the molecule is C=C(Cl)CNC(=O)Nc1cccc(C(=O)O)c1O. The molecule has 1 rings (SSSR count). The minimum atomic E-state index is -1.29. The maximum Gasteiger partial charge on any atom is 0.339 e. The molecule has 0 aromatic heterocycles. The van der Waals surface area contributed by atoms with Crippen molar-refractivity contribution in [3.05, 3.63) is 35.4 Å². The lowest BCUT2D eigenvalue weighted by Crippen LogP contribution is -2.29. The van der Waals surface area contributed by atoms with E-state index in [-0.39, 0.29) is 22.8 Å². The lowest BCUT2D eigenvalue weighted by Gasteiger charge is -2.09. The Morgan fingerprint density at radius 2 is 2.06 bits per heavy atom. The minimum Gasteiger partial charge on any atom is -0.505 e. The van der Waals surface area contributed by atoms with E-state index in [1.807, 2.05) is 0 Å². The number of anilines is 1. The molecule has 1 aromatic carbocycles. The number of urea groups is 1. The van der Waals surface area contributed by atoms with Gasteiger partial charge in [0.25, 0.3) is 0 Å². The summed E-state index contributed by atoms with van der Waals surface area (Å²) in [6.45, 7) is 3.45. The third kappa shape index (κ3) is 3.67. The topological polar surface area (TPSA) is 98.7 Å². The zero-order valence-electron chi connectivity index (χ0n) is 9.24. The van der Waals surface area contributed by atoms with Crippen molar-refractivity contribution in [2.75, 3.05) is 11.9 Å². The highest BCUT2D eigenvalue weighted by Crippen LogP contribution is 2.27. The highest BCUT2D eigenvalue weighted by molar-refractivity contribution is 6.29. The van der Waals surface area contributed by atoms with Gasteiger partial charge in [-0.3, -0.25) is 0 Å². The molecule has 4 N–H and O–H groups in total. The van der Waals surface area contributed by atoms with Crippen LogP contribution in [0.25, 0.3) is 0 Å². The first-order valence-corrected chi connectivity index (χ1v) is 5.23. The molecule has 0 saturated heterocycles. The molecule has 0 aliphatic carbocycles. The van der Waals surface area contributed by atoms with Gasteiger partial charge in [-0.05, 0) is 12.1 Å². The van der Waals surface area contributed by atoms with Crippen LogP contribution in [0.4, 0.5) is 10.5 Å². The second-order valence-electron chi connectivity index (χ2n) is 3.33. The molecule has 18 heavy (non-hydrogen) atoms. The number of para-hydroxylation sites is 1. The summed E-state index contributed by atoms with van der Waals surface area (Å²) >= 11 is 5.46. The number of hydrogen-bond acceptors (Lipinski definition) is 3. The number of carboxylic acid groups (broad SMARTS) is 1. The molecule has 0 aliphatic rings. The van der Waals surface area contributed by atoms with Crippen LogP contribution in [0.15, 0.2) is 29.8 Å². The fourth-order valence-corrected chi connectivity index (χ4v) is 1.23. The fourth-order valence-electron chi connectivity index (χ4n) is 1.16. The average molecular weight is 271 g/mol. The zero-order chi connectivity index (χ0) is 13.7. The van der Waals surface area contributed by atoms with E-state index in [0.717, 1.165) is 0 Å². The van der Waals surface area contributed by atoms with Gasteiger partial charge in [-0.25, -0.2) is 9.59 Å². The van der Waals surface area contributed by atoms with Gasteiger partial charge in [-0.15, -0.1) is 0 Å². The molecule has 96 valence electrons. The van der Waals surface area contributed by atoms with Crippen LogP contribution in [0.2, 0.25) is 0 Å². The fraction of sp³-hybridized carbons (Fsp3) is 0.0909. The number of aromatic carboxylic acids is 1. The maximum absolute atomic E-state index is 11.4. The molecular weight excluding hydrogens is 260 g/mol. The molecule has 6 nitrogen and oxygen atoms in total. The van der Waals surface area contributed by atoms with Crippen molar-refractivity contribution in [3.8, 4) is 5.75 Å². The van der Waals surface area contributed by atoms with E-state index in [1.54, 1.807) is 0 Å². The van der Waals surface area contributed by atoms with E-state index in [1.165, 1.54) is 18.2 Å². The van der Waals surface area contributed by atoms with E-state index in [2.05, 4.69) is 17.2 Å². The van der Waals surface area contributed by atoms with Crippen molar-refractivity contribution in [1.29, 1.82) is 0 Å². The van der Waals surface area contributed by atoms with Crippen molar-refractivity contribution in [3.63, 3.8) is 0 Å². The van der Waals surface area contributed by atoms with Crippen molar-refractivity contribution >= 4 is 29.3 Å². The van der Waals surface area contributed by atoms with Crippen LogP contribution in [0.1, 0.15) is 10.4 Å². The van der Waals surface area contributed by atoms with Crippen LogP contribution < -0.4 is 10.6 Å². The molecule has 0 heterocycles. The third-order valence-corrected chi connectivity index (χ3v) is 2.09. The Hall–Kier alpha value is -2.21. The summed E-state index contributed by atoms with van der Waals surface area (Å²) in [4.78, 5) is 22.1. The number of aromatic hydroxyl groups is 1. The van der Waals surface area contributed by atoms with E-state index in [9.17, 15) is 14.7 Å². The summed E-state index contributed by atoms with van der Waals surface area (Å²) in [6, 6.07) is 3.37. The zero-order valence-corrected chi connectivity index (χ0v) is 9.99. The van der Waals surface area contributed by atoms with Crippen LogP contribution in [0.5, 0.6) is 5.75 Å². The highest BCUT2D eigenvalue weighted by Gasteiger charge is 2.14. The van der Waals surface area contributed by atoms with Gasteiger partial charge < -0.3 is 20.8 Å². The second-order valence-corrected chi connectivity index (χ2v) is 3.87. The van der Waals surface area contributed by atoms with E-state index >= 15 is 0 Å². The molecule has 0 spiro atoms. The first-order valence-electron chi connectivity index (χ1n) is 4.85. The number of hydrogen-bond donors (Lipinski definition) is 4. The lowest BCUT2D eigenvalue weighted by atomic mass is 10.2. The first-order chi connectivity index (χ1) is 8.41. The number of benzene rings is 1. The van der Waals surface area contributed by atoms with Crippen LogP contribution in [-0.4, -0.2) is 28.8 Å². The van der Waals surface area contributed by atoms with Gasteiger partial charge in [0, 0.05) is 5.03 Å². The third-order valence-electron chi connectivity index (χ3n) is 1.96. The van der Waals surface area contributed by atoms with Crippen LogP contribution in [0.3, 0.4) is 0 Å². The van der Waals surface area contributed by atoms with Crippen LogP contribution in [0, 0.1) is 0 Å². The molecule has 1 aromatic rings. The number of rotatable bonds is 4. The summed E-state index contributed by atoms with van der Waals surface area (Å²) in [5.41, 5.74) is -0.304. The minimum absolute atomic E-state index is 0.00687. The summed E-state index contributed by atoms with van der Waals surface area (Å²) in [5.74, 6) is -1.80.